The SMILES string of the molecule is COC(=O)CCCC1NCCc2c1[nH]c1ccc(Cl)cc21. The van der Waals surface area contributed by atoms with Gasteiger partial charge in [-0.1, -0.05) is 11.6 Å². The van der Waals surface area contributed by atoms with Crippen molar-refractivity contribution in [2.24, 2.45) is 0 Å². The van der Waals surface area contributed by atoms with Crippen molar-refractivity contribution in [2.75, 3.05) is 13.7 Å². The Bertz CT molecular complexity index is 666. The Balaban J connectivity index is 1.81. The summed E-state index contributed by atoms with van der Waals surface area (Å²) in [5.74, 6) is -0.144. The zero-order valence-corrected chi connectivity index (χ0v) is 12.8. The van der Waals surface area contributed by atoms with Gasteiger partial charge in [0.05, 0.1) is 7.11 Å². The zero-order valence-electron chi connectivity index (χ0n) is 12.0. The lowest BCUT2D eigenvalue weighted by Gasteiger charge is -2.24. The molecule has 4 nitrogen and oxygen atoms in total. The summed E-state index contributed by atoms with van der Waals surface area (Å²) in [6.45, 7) is 0.954. The van der Waals surface area contributed by atoms with Crippen molar-refractivity contribution in [3.05, 3.63) is 34.5 Å². The van der Waals surface area contributed by atoms with Crippen LogP contribution < -0.4 is 5.32 Å². The van der Waals surface area contributed by atoms with E-state index < -0.39 is 0 Å². The first kappa shape index (κ1) is 14.4. The molecule has 0 amide bonds. The van der Waals surface area contributed by atoms with Crippen LogP contribution in [0, 0.1) is 0 Å². The molecule has 1 aromatic heterocycles. The number of benzene rings is 1. The standard InChI is InChI=1S/C16H19ClN2O2/c1-21-15(20)4-2-3-14-16-11(7-8-18-14)12-9-10(17)5-6-13(12)19-16/h5-6,9,14,18-19H,2-4,7-8H2,1H3. The van der Waals surface area contributed by atoms with Gasteiger partial charge in [-0.3, -0.25) is 4.79 Å². The van der Waals surface area contributed by atoms with Gasteiger partial charge >= 0.3 is 5.97 Å². The number of ether oxygens (including phenoxy) is 1. The fourth-order valence-corrected chi connectivity index (χ4v) is 3.25. The Kier molecular flexibility index (Phi) is 4.17. The Morgan fingerprint density at radius 3 is 3.14 bits per heavy atom. The number of esters is 1. The number of methoxy groups -OCH3 is 1. The monoisotopic (exact) mass is 306 g/mol. The lowest BCUT2D eigenvalue weighted by Crippen LogP contribution is -2.29. The second-order valence-corrected chi connectivity index (χ2v) is 5.87. The van der Waals surface area contributed by atoms with Gasteiger partial charge < -0.3 is 15.0 Å². The Morgan fingerprint density at radius 2 is 2.33 bits per heavy atom. The van der Waals surface area contributed by atoms with E-state index in [0.717, 1.165) is 36.3 Å². The first-order valence-electron chi connectivity index (χ1n) is 7.29. The van der Waals surface area contributed by atoms with Crippen LogP contribution in [0.4, 0.5) is 0 Å². The summed E-state index contributed by atoms with van der Waals surface area (Å²) in [4.78, 5) is 14.7. The van der Waals surface area contributed by atoms with E-state index >= 15 is 0 Å². The molecule has 0 spiro atoms. The quantitative estimate of drug-likeness (QED) is 0.852. The summed E-state index contributed by atoms with van der Waals surface area (Å²) in [6.07, 6.45) is 3.21. The highest BCUT2D eigenvalue weighted by Crippen LogP contribution is 2.33. The van der Waals surface area contributed by atoms with Crippen LogP contribution in [-0.2, 0) is 16.0 Å². The number of fused-ring (bicyclic) bond motifs is 3. The van der Waals surface area contributed by atoms with E-state index in [0.29, 0.717) is 6.42 Å². The van der Waals surface area contributed by atoms with Crippen molar-refractivity contribution in [3.8, 4) is 0 Å². The fourth-order valence-electron chi connectivity index (χ4n) is 3.08. The maximum atomic E-state index is 11.2. The molecule has 1 aromatic carbocycles. The third kappa shape index (κ3) is 2.92. The molecule has 0 saturated heterocycles. The molecule has 3 rings (SSSR count). The maximum Gasteiger partial charge on any atom is 0.305 e. The predicted molar refractivity (Wildman–Crippen MR) is 83.6 cm³/mol. The van der Waals surface area contributed by atoms with Crippen LogP contribution in [0.25, 0.3) is 10.9 Å². The van der Waals surface area contributed by atoms with Crippen LogP contribution in [0.5, 0.6) is 0 Å². The van der Waals surface area contributed by atoms with Gasteiger partial charge in [-0.25, -0.2) is 0 Å². The van der Waals surface area contributed by atoms with Crippen LogP contribution in [0.1, 0.15) is 36.6 Å². The number of aromatic amines is 1. The first-order chi connectivity index (χ1) is 10.2. The van der Waals surface area contributed by atoms with E-state index in [1.54, 1.807) is 0 Å². The van der Waals surface area contributed by atoms with Crippen LogP contribution in [0.2, 0.25) is 5.02 Å². The molecule has 0 fully saturated rings. The van der Waals surface area contributed by atoms with Crippen LogP contribution >= 0.6 is 11.6 Å². The Morgan fingerprint density at radius 1 is 1.48 bits per heavy atom. The largest absolute Gasteiger partial charge is 0.469 e. The molecule has 1 atom stereocenters. The smallest absolute Gasteiger partial charge is 0.305 e. The van der Waals surface area contributed by atoms with Gasteiger partial charge in [0.2, 0.25) is 0 Å². The summed E-state index contributed by atoms with van der Waals surface area (Å²) >= 11 is 6.11. The molecule has 2 aromatic rings. The van der Waals surface area contributed by atoms with Crippen molar-refractivity contribution in [3.63, 3.8) is 0 Å². The maximum absolute atomic E-state index is 11.2. The normalized spacial score (nSPS) is 17.7. The summed E-state index contributed by atoms with van der Waals surface area (Å²) in [5.41, 5.74) is 3.73. The minimum atomic E-state index is -0.144. The van der Waals surface area contributed by atoms with Gasteiger partial charge in [-0.15, -0.1) is 0 Å². The molecular formula is C16H19ClN2O2. The topological polar surface area (TPSA) is 54.1 Å². The number of rotatable bonds is 4. The first-order valence-corrected chi connectivity index (χ1v) is 7.67. The van der Waals surface area contributed by atoms with Gasteiger partial charge in [-0.2, -0.15) is 0 Å². The number of carbonyl (C=O) groups is 1. The van der Waals surface area contributed by atoms with E-state index in [1.165, 1.54) is 23.8 Å². The molecule has 1 aliphatic heterocycles. The van der Waals surface area contributed by atoms with E-state index in [-0.39, 0.29) is 12.0 Å². The minimum Gasteiger partial charge on any atom is -0.469 e. The summed E-state index contributed by atoms with van der Waals surface area (Å²) in [5, 5.41) is 5.51. The Hall–Kier alpha value is -1.52. The number of aromatic nitrogens is 1. The number of hydrogen-bond donors (Lipinski definition) is 2. The van der Waals surface area contributed by atoms with Crippen LogP contribution in [0.3, 0.4) is 0 Å². The third-order valence-corrected chi connectivity index (χ3v) is 4.35. The number of nitrogens with one attached hydrogen (secondary N) is 2. The lowest BCUT2D eigenvalue weighted by atomic mass is 9.96. The highest BCUT2D eigenvalue weighted by molar-refractivity contribution is 6.31. The second-order valence-electron chi connectivity index (χ2n) is 5.43. The number of hydrogen-bond acceptors (Lipinski definition) is 3. The van der Waals surface area contributed by atoms with Crippen molar-refractivity contribution in [1.82, 2.24) is 10.3 Å². The molecule has 0 bridgehead atoms. The van der Waals surface area contributed by atoms with Crippen molar-refractivity contribution in [2.45, 2.75) is 31.7 Å². The van der Waals surface area contributed by atoms with Crippen molar-refractivity contribution in [1.29, 1.82) is 0 Å². The van der Waals surface area contributed by atoms with E-state index in [1.807, 2.05) is 18.2 Å². The molecule has 112 valence electrons. The third-order valence-electron chi connectivity index (χ3n) is 4.12. The molecule has 0 saturated carbocycles. The number of carbonyl (C=O) groups excluding carboxylic acids is 1. The highest BCUT2D eigenvalue weighted by atomic mass is 35.5. The lowest BCUT2D eigenvalue weighted by molar-refractivity contribution is -0.140. The van der Waals surface area contributed by atoms with E-state index in [9.17, 15) is 4.79 Å². The second kappa shape index (κ2) is 6.08. The molecule has 5 heteroatoms. The van der Waals surface area contributed by atoms with Crippen LogP contribution in [0.15, 0.2) is 18.2 Å². The molecule has 0 radical (unpaired) electrons. The minimum absolute atomic E-state index is 0.144. The molecule has 2 N–H and O–H groups in total. The molecule has 21 heavy (non-hydrogen) atoms. The summed E-state index contributed by atoms with van der Waals surface area (Å²) in [6, 6.07) is 6.24. The van der Waals surface area contributed by atoms with Gasteiger partial charge in [0, 0.05) is 34.1 Å². The molecule has 2 heterocycles. The van der Waals surface area contributed by atoms with Crippen LogP contribution in [-0.4, -0.2) is 24.6 Å². The fraction of sp³-hybridized carbons (Fsp3) is 0.438. The van der Waals surface area contributed by atoms with Crippen molar-refractivity contribution < 1.29 is 9.53 Å². The van der Waals surface area contributed by atoms with Gasteiger partial charge in [-0.05, 0) is 49.6 Å². The Labute approximate surface area is 128 Å². The van der Waals surface area contributed by atoms with Gasteiger partial charge in [0.15, 0.2) is 0 Å². The number of halogens is 1. The highest BCUT2D eigenvalue weighted by Gasteiger charge is 2.23. The molecule has 0 aliphatic carbocycles. The van der Waals surface area contributed by atoms with E-state index in [2.05, 4.69) is 15.0 Å². The van der Waals surface area contributed by atoms with E-state index in [4.69, 9.17) is 11.6 Å². The van der Waals surface area contributed by atoms with Crippen molar-refractivity contribution >= 4 is 28.5 Å². The molecule has 1 aliphatic rings. The molecular weight excluding hydrogens is 288 g/mol. The number of H-pyrrole nitrogens is 1. The van der Waals surface area contributed by atoms with Gasteiger partial charge in [0.25, 0.3) is 0 Å². The predicted octanol–water partition coefficient (Wildman–Crippen LogP) is 3.35. The average molecular weight is 307 g/mol. The average Bonchev–Trinajstić information content (AvgIpc) is 2.86. The van der Waals surface area contributed by atoms with Gasteiger partial charge in [0.1, 0.15) is 0 Å². The summed E-state index contributed by atoms with van der Waals surface area (Å²) < 4.78 is 4.69. The zero-order chi connectivity index (χ0) is 14.8. The molecule has 1 unspecified atom stereocenters. The summed E-state index contributed by atoms with van der Waals surface area (Å²) in [7, 11) is 1.43.